The number of benzene rings is 2. The van der Waals surface area contributed by atoms with E-state index in [1.54, 1.807) is 11.3 Å². The quantitative estimate of drug-likeness (QED) is 0.464. The minimum atomic E-state index is -2.34. The largest absolute Gasteiger partial charge is 0.147 e. The van der Waals surface area contributed by atoms with Crippen molar-refractivity contribution in [3.63, 3.8) is 0 Å². The molecule has 1 aromatic heterocycles. The van der Waals surface area contributed by atoms with E-state index in [1.807, 2.05) is 30.3 Å². The van der Waals surface area contributed by atoms with Crippen LogP contribution in [0.25, 0.3) is 0 Å². The second-order valence-electron chi connectivity index (χ2n) is 5.31. The van der Waals surface area contributed by atoms with Crippen LogP contribution < -0.4 is 6.64 Å². The van der Waals surface area contributed by atoms with Gasteiger partial charge < -0.3 is 0 Å². The first-order valence-corrected chi connectivity index (χ1v) is 10.5. The van der Waals surface area contributed by atoms with Gasteiger partial charge in [0.05, 0.1) is 0 Å². The normalized spacial score (nSPS) is 9.36. The molecule has 0 aliphatic heterocycles. The van der Waals surface area contributed by atoms with Crippen LogP contribution in [0.5, 0.6) is 11.5 Å². The Balaban J connectivity index is 0.00000156. The summed E-state index contributed by atoms with van der Waals surface area (Å²) in [5, 5.41) is 2.07. The molecule has 6 heteroatoms. The summed E-state index contributed by atoms with van der Waals surface area (Å²) in [5.74, 6) is 1.73. The molecule has 2 nitrogen and oxygen atoms in total. The summed E-state index contributed by atoms with van der Waals surface area (Å²) >= 11 is -0.633. The Morgan fingerprint density at radius 2 is 1.24 bits per heavy atom. The van der Waals surface area contributed by atoms with Crippen molar-refractivity contribution >= 4 is 40.5 Å². The molecule has 3 aromatic rings. The monoisotopic (exact) mass is 430 g/mol. The second-order valence-corrected chi connectivity index (χ2v) is 8.37. The van der Waals surface area contributed by atoms with Crippen molar-refractivity contribution in [2.75, 3.05) is 0 Å². The van der Waals surface area contributed by atoms with Crippen LogP contribution in [0.15, 0.2) is 66.0 Å². The van der Waals surface area contributed by atoms with Crippen LogP contribution in [0.3, 0.4) is 0 Å². The third kappa shape index (κ3) is 6.97. The predicted molar refractivity (Wildman–Crippen MR) is 108 cm³/mol. The average molecular weight is 431 g/mol. The van der Waals surface area contributed by atoms with Gasteiger partial charge in [0, 0.05) is 0 Å². The van der Waals surface area contributed by atoms with Crippen LogP contribution in [0.4, 0.5) is 0 Å². The van der Waals surface area contributed by atoms with E-state index in [4.69, 9.17) is 6.64 Å². The number of hydrogen-bond acceptors (Lipinski definition) is 3. The Kier molecular flexibility index (Phi) is 9.48. The molecule has 0 aliphatic carbocycles. The van der Waals surface area contributed by atoms with Crippen LogP contribution in [-0.4, -0.2) is 4.31 Å². The molecule has 25 heavy (non-hydrogen) atoms. The molecule has 0 unspecified atom stereocenters. The fraction of sp³-hybridized carbons (Fsp3) is 0.105. The van der Waals surface area contributed by atoms with Crippen molar-refractivity contribution in [3.8, 4) is 11.5 Å². The molecule has 3 rings (SSSR count). The van der Waals surface area contributed by atoms with Crippen molar-refractivity contribution in [1.82, 2.24) is 0 Å². The summed E-state index contributed by atoms with van der Waals surface area (Å²) in [6.07, 6.45) is 0. The maximum Gasteiger partial charge on any atom is -0.147 e. The third-order valence-electron chi connectivity index (χ3n) is 3.28. The first-order chi connectivity index (χ1) is 11.2. The van der Waals surface area contributed by atoms with E-state index in [0.29, 0.717) is 0 Å². The van der Waals surface area contributed by atoms with Gasteiger partial charge in [-0.05, 0) is 0 Å². The molecule has 1 heterocycles. The van der Waals surface area contributed by atoms with Gasteiger partial charge in [0.2, 0.25) is 0 Å². The van der Waals surface area contributed by atoms with Gasteiger partial charge in [0.15, 0.2) is 0 Å². The Morgan fingerprint density at radius 3 is 1.64 bits per heavy atom. The summed E-state index contributed by atoms with van der Waals surface area (Å²) in [5.41, 5.74) is 2.45. The fourth-order valence-corrected chi connectivity index (χ4v) is 5.18. The molecule has 0 N–H and O–H groups in total. The van der Waals surface area contributed by atoms with E-state index < -0.39 is 18.2 Å². The van der Waals surface area contributed by atoms with Gasteiger partial charge in [-0.25, -0.2) is 0 Å². The fourth-order valence-electron chi connectivity index (χ4n) is 2.01. The number of thiophene rings is 1. The zero-order valence-corrected chi connectivity index (χ0v) is 18.0. The molecule has 0 spiro atoms. The minimum Gasteiger partial charge on any atom is -0.147 e. The standard InChI is InChI=1S/2C7H8O.C5H4S.2ClH.Ti/c2*1-6-2-4-7(8)5-3-6;1-5-3-2-4-6-5;;;/h2*2-5,8H,1H3;1-4H;2*1H;/q;;;;;+2/p-2. The van der Waals surface area contributed by atoms with E-state index >= 15 is 0 Å². The molecule has 0 bridgehead atoms. The maximum atomic E-state index is 6.17. The first-order valence-electron chi connectivity index (χ1n) is 7.43. The molecular formula is C19H20Cl2O2STi. The molecule has 0 fully saturated rings. The van der Waals surface area contributed by atoms with E-state index in [1.165, 1.54) is 16.0 Å². The van der Waals surface area contributed by atoms with Crippen molar-refractivity contribution in [2.24, 2.45) is 0 Å². The van der Waals surface area contributed by atoms with E-state index in [2.05, 4.69) is 53.9 Å². The van der Waals surface area contributed by atoms with Crippen molar-refractivity contribution in [2.45, 2.75) is 13.8 Å². The Hall–Kier alpha value is -1.10. The number of rotatable bonds is 5. The number of aryl methyl sites for hydroxylation is 2. The molecule has 2 aromatic carbocycles. The molecule has 0 radical (unpaired) electrons. The molecule has 0 amide bonds. The molecule has 0 saturated heterocycles. The topological polar surface area (TPSA) is 18.5 Å². The SMILES string of the molecule is Cc1ccc([O][Ti](=[CH]c2cccs2)[O]c2ccc(C)cc2)cc1.Cl.Cl. The molecular weight excluding hydrogens is 411 g/mol. The first kappa shape index (κ1) is 21.9. The summed E-state index contributed by atoms with van der Waals surface area (Å²) < 4.78 is 14.5. The summed E-state index contributed by atoms with van der Waals surface area (Å²) in [6, 6.07) is 20.4. The van der Waals surface area contributed by atoms with Crippen molar-refractivity contribution in [3.05, 3.63) is 82.0 Å². The smallest absolute Gasteiger partial charge is 0.147 e. The van der Waals surface area contributed by atoms with Crippen LogP contribution in [0, 0.1) is 13.8 Å². The minimum absolute atomic E-state index is 0. The van der Waals surface area contributed by atoms with Gasteiger partial charge in [-0.1, -0.05) is 0 Å². The average Bonchev–Trinajstić information content (AvgIpc) is 3.05. The van der Waals surface area contributed by atoms with Gasteiger partial charge in [-0.3, -0.25) is 0 Å². The molecule has 0 atom stereocenters. The predicted octanol–water partition coefficient (Wildman–Crippen LogP) is 5.97. The van der Waals surface area contributed by atoms with Gasteiger partial charge in [0.25, 0.3) is 0 Å². The maximum absolute atomic E-state index is 6.17. The van der Waals surface area contributed by atoms with Crippen LogP contribution >= 0.6 is 36.2 Å². The zero-order chi connectivity index (χ0) is 16.1. The number of halogens is 2. The second kappa shape index (κ2) is 10.8. The Morgan fingerprint density at radius 1 is 0.760 bits per heavy atom. The van der Waals surface area contributed by atoms with Crippen LogP contribution in [0.1, 0.15) is 16.0 Å². The number of hydrogen-bond donors (Lipinski definition) is 0. The van der Waals surface area contributed by atoms with E-state index in [9.17, 15) is 0 Å². The Labute approximate surface area is 171 Å². The van der Waals surface area contributed by atoms with Crippen LogP contribution in [0.2, 0.25) is 0 Å². The molecule has 0 aliphatic rings. The van der Waals surface area contributed by atoms with E-state index in [-0.39, 0.29) is 24.8 Å². The van der Waals surface area contributed by atoms with E-state index in [0.717, 1.165) is 11.5 Å². The van der Waals surface area contributed by atoms with Gasteiger partial charge in [-0.15, -0.1) is 24.8 Å². The summed E-state index contributed by atoms with van der Waals surface area (Å²) in [7, 11) is 0. The summed E-state index contributed by atoms with van der Waals surface area (Å²) in [4.78, 5) is 1.19. The zero-order valence-electron chi connectivity index (χ0n) is 14.0. The summed E-state index contributed by atoms with van der Waals surface area (Å²) in [6.45, 7) is 4.14. The van der Waals surface area contributed by atoms with Crippen molar-refractivity contribution < 1.29 is 24.8 Å². The van der Waals surface area contributed by atoms with Crippen LogP contribution in [-0.2, 0) is 18.2 Å². The van der Waals surface area contributed by atoms with Gasteiger partial charge in [-0.2, -0.15) is 0 Å². The van der Waals surface area contributed by atoms with Crippen molar-refractivity contribution in [1.29, 1.82) is 0 Å². The molecule has 132 valence electrons. The molecule has 0 saturated carbocycles. The third-order valence-corrected chi connectivity index (χ3v) is 6.65. The van der Waals surface area contributed by atoms with Gasteiger partial charge in [0.1, 0.15) is 0 Å². The van der Waals surface area contributed by atoms with Gasteiger partial charge >= 0.3 is 148 Å². The Bertz CT molecular complexity index is 736.